The first-order valence-corrected chi connectivity index (χ1v) is 6.06. The number of benzene rings is 2. The monoisotopic (exact) mass is 251 g/mol. The van der Waals surface area contributed by atoms with Crippen LogP contribution in [0.1, 0.15) is 5.56 Å². The molecule has 0 saturated carbocycles. The number of nitrogens with two attached hydrogens (primary N) is 1. The fraction of sp³-hybridized carbons (Fsp3) is 0.0625. The molecule has 0 bridgehead atoms. The summed E-state index contributed by atoms with van der Waals surface area (Å²) in [4.78, 5) is 12.6. The Morgan fingerprint density at radius 3 is 2.47 bits per heavy atom. The van der Waals surface area contributed by atoms with Crippen molar-refractivity contribution < 1.29 is 4.42 Å². The SMILES string of the molecule is Cc1cccc2c(=O)c(-c3ccccc3)c(N)oc12. The fourth-order valence-electron chi connectivity index (χ4n) is 2.25. The quantitative estimate of drug-likeness (QED) is 0.721. The van der Waals surface area contributed by atoms with E-state index in [0.29, 0.717) is 16.5 Å². The summed E-state index contributed by atoms with van der Waals surface area (Å²) in [6.45, 7) is 1.90. The molecule has 0 radical (unpaired) electrons. The predicted octanol–water partition coefficient (Wildman–Crippen LogP) is 3.35. The Hall–Kier alpha value is -2.55. The zero-order valence-corrected chi connectivity index (χ0v) is 10.5. The van der Waals surface area contributed by atoms with Crippen molar-refractivity contribution >= 4 is 16.9 Å². The van der Waals surface area contributed by atoms with Gasteiger partial charge in [-0.15, -0.1) is 0 Å². The maximum atomic E-state index is 12.6. The van der Waals surface area contributed by atoms with E-state index in [0.717, 1.165) is 11.1 Å². The van der Waals surface area contributed by atoms with Gasteiger partial charge in [0.05, 0.1) is 10.9 Å². The van der Waals surface area contributed by atoms with Gasteiger partial charge in [-0.1, -0.05) is 42.5 Å². The first kappa shape index (κ1) is 11.5. The summed E-state index contributed by atoms with van der Waals surface area (Å²) >= 11 is 0. The summed E-state index contributed by atoms with van der Waals surface area (Å²) in [5.41, 5.74) is 8.50. The van der Waals surface area contributed by atoms with Crippen LogP contribution in [-0.2, 0) is 0 Å². The smallest absolute Gasteiger partial charge is 0.202 e. The van der Waals surface area contributed by atoms with Crippen molar-refractivity contribution in [2.75, 3.05) is 5.73 Å². The number of rotatable bonds is 1. The maximum Gasteiger partial charge on any atom is 0.202 e. The molecule has 19 heavy (non-hydrogen) atoms. The van der Waals surface area contributed by atoms with Gasteiger partial charge in [0.2, 0.25) is 11.3 Å². The van der Waals surface area contributed by atoms with E-state index >= 15 is 0 Å². The molecule has 94 valence electrons. The molecule has 0 unspecified atom stereocenters. The lowest BCUT2D eigenvalue weighted by Gasteiger charge is -2.07. The topological polar surface area (TPSA) is 56.2 Å². The summed E-state index contributed by atoms with van der Waals surface area (Å²) in [5, 5.41) is 0.563. The van der Waals surface area contributed by atoms with Gasteiger partial charge in [-0.05, 0) is 24.1 Å². The zero-order chi connectivity index (χ0) is 13.4. The third kappa shape index (κ3) is 1.80. The highest BCUT2D eigenvalue weighted by atomic mass is 16.3. The minimum absolute atomic E-state index is 0.0892. The third-order valence-electron chi connectivity index (χ3n) is 3.20. The second kappa shape index (κ2) is 4.28. The Labute approximate surface area is 110 Å². The van der Waals surface area contributed by atoms with E-state index < -0.39 is 0 Å². The zero-order valence-electron chi connectivity index (χ0n) is 10.5. The molecule has 3 aromatic rings. The van der Waals surface area contributed by atoms with Crippen LogP contribution in [0, 0.1) is 6.92 Å². The highest BCUT2D eigenvalue weighted by Gasteiger charge is 2.14. The lowest BCUT2D eigenvalue weighted by atomic mass is 10.0. The molecular formula is C16H13NO2. The molecule has 1 heterocycles. The largest absolute Gasteiger partial charge is 0.440 e. The number of nitrogen functional groups attached to an aromatic ring is 1. The number of aryl methyl sites for hydroxylation is 1. The van der Waals surface area contributed by atoms with Crippen LogP contribution >= 0.6 is 0 Å². The molecule has 3 nitrogen and oxygen atoms in total. The van der Waals surface area contributed by atoms with E-state index in [9.17, 15) is 4.79 Å². The lowest BCUT2D eigenvalue weighted by Crippen LogP contribution is -2.09. The number of hydrogen-bond donors (Lipinski definition) is 1. The molecule has 0 saturated heterocycles. The normalized spacial score (nSPS) is 10.8. The van der Waals surface area contributed by atoms with Gasteiger partial charge in [-0.25, -0.2) is 0 Å². The van der Waals surface area contributed by atoms with Gasteiger partial charge in [0.25, 0.3) is 0 Å². The molecule has 2 N–H and O–H groups in total. The van der Waals surface area contributed by atoms with E-state index in [1.54, 1.807) is 6.07 Å². The molecule has 1 aromatic heterocycles. The van der Waals surface area contributed by atoms with Crippen LogP contribution in [-0.4, -0.2) is 0 Å². The van der Waals surface area contributed by atoms with Crippen molar-refractivity contribution in [1.82, 2.24) is 0 Å². The molecule has 2 aromatic carbocycles. The van der Waals surface area contributed by atoms with Crippen LogP contribution in [0.5, 0.6) is 0 Å². The number of fused-ring (bicyclic) bond motifs is 1. The van der Waals surface area contributed by atoms with Gasteiger partial charge in [-0.2, -0.15) is 0 Å². The average molecular weight is 251 g/mol. The molecule has 3 heteroatoms. The van der Waals surface area contributed by atoms with Crippen LogP contribution < -0.4 is 11.2 Å². The Morgan fingerprint density at radius 1 is 1.00 bits per heavy atom. The summed E-state index contributed by atoms with van der Waals surface area (Å²) in [6.07, 6.45) is 0. The fourth-order valence-corrected chi connectivity index (χ4v) is 2.25. The Kier molecular flexibility index (Phi) is 2.60. The van der Waals surface area contributed by atoms with E-state index in [2.05, 4.69) is 0 Å². The van der Waals surface area contributed by atoms with Crippen LogP contribution in [0.2, 0.25) is 0 Å². The van der Waals surface area contributed by atoms with E-state index in [1.165, 1.54) is 0 Å². The van der Waals surface area contributed by atoms with Gasteiger partial charge in [0.15, 0.2) is 0 Å². The van der Waals surface area contributed by atoms with Crippen LogP contribution in [0.15, 0.2) is 57.7 Å². The standard InChI is InChI=1S/C16H13NO2/c1-10-6-5-9-12-14(18)13(16(17)19-15(10)12)11-7-3-2-4-8-11/h2-9H,17H2,1H3. The van der Waals surface area contributed by atoms with Gasteiger partial charge < -0.3 is 10.2 Å². The van der Waals surface area contributed by atoms with Crippen LogP contribution in [0.4, 0.5) is 5.88 Å². The van der Waals surface area contributed by atoms with Gasteiger partial charge in [0.1, 0.15) is 5.58 Å². The minimum Gasteiger partial charge on any atom is -0.440 e. The van der Waals surface area contributed by atoms with E-state index in [4.69, 9.17) is 10.2 Å². The molecule has 0 aliphatic carbocycles. The molecule has 0 fully saturated rings. The highest BCUT2D eigenvalue weighted by molar-refractivity contribution is 5.87. The second-order valence-corrected chi connectivity index (χ2v) is 4.49. The summed E-state index contributed by atoms with van der Waals surface area (Å²) in [7, 11) is 0. The molecule has 3 rings (SSSR count). The van der Waals surface area contributed by atoms with Gasteiger partial charge in [-0.3, -0.25) is 4.79 Å². The third-order valence-corrected chi connectivity index (χ3v) is 3.20. The maximum absolute atomic E-state index is 12.6. The van der Waals surface area contributed by atoms with Gasteiger partial charge >= 0.3 is 0 Å². The second-order valence-electron chi connectivity index (χ2n) is 4.49. The molecule has 0 atom stereocenters. The summed E-state index contributed by atoms with van der Waals surface area (Å²) < 4.78 is 5.64. The molecule has 0 spiro atoms. The molecule has 0 amide bonds. The first-order chi connectivity index (χ1) is 9.18. The predicted molar refractivity (Wildman–Crippen MR) is 77.1 cm³/mol. The number of hydrogen-bond acceptors (Lipinski definition) is 3. The van der Waals surface area contributed by atoms with Crippen molar-refractivity contribution in [2.24, 2.45) is 0 Å². The van der Waals surface area contributed by atoms with E-state index in [-0.39, 0.29) is 11.3 Å². The number of anilines is 1. The molecular weight excluding hydrogens is 238 g/mol. The Balaban J connectivity index is 2.43. The van der Waals surface area contributed by atoms with Crippen molar-refractivity contribution in [3.63, 3.8) is 0 Å². The molecule has 0 aliphatic heterocycles. The Morgan fingerprint density at radius 2 is 1.74 bits per heavy atom. The minimum atomic E-state index is -0.0892. The summed E-state index contributed by atoms with van der Waals surface area (Å²) in [5.74, 6) is 0.165. The van der Waals surface area contributed by atoms with Crippen molar-refractivity contribution in [3.05, 3.63) is 64.3 Å². The first-order valence-electron chi connectivity index (χ1n) is 6.06. The number of para-hydroxylation sites is 1. The van der Waals surface area contributed by atoms with E-state index in [1.807, 2.05) is 49.4 Å². The molecule has 0 aliphatic rings. The summed E-state index contributed by atoms with van der Waals surface area (Å²) in [6, 6.07) is 14.8. The van der Waals surface area contributed by atoms with Crippen molar-refractivity contribution in [3.8, 4) is 11.1 Å². The van der Waals surface area contributed by atoms with Crippen molar-refractivity contribution in [1.29, 1.82) is 0 Å². The van der Waals surface area contributed by atoms with Crippen molar-refractivity contribution in [2.45, 2.75) is 6.92 Å². The van der Waals surface area contributed by atoms with Crippen LogP contribution in [0.3, 0.4) is 0 Å². The van der Waals surface area contributed by atoms with Crippen LogP contribution in [0.25, 0.3) is 22.1 Å². The Bertz CT molecular complexity index is 804. The lowest BCUT2D eigenvalue weighted by molar-refractivity contribution is 0.624. The van der Waals surface area contributed by atoms with Gasteiger partial charge in [0, 0.05) is 0 Å². The average Bonchev–Trinajstić information content (AvgIpc) is 2.41. The highest BCUT2D eigenvalue weighted by Crippen LogP contribution is 2.27.